The van der Waals surface area contributed by atoms with Crippen molar-refractivity contribution in [1.82, 2.24) is 15.0 Å². The molecule has 258 valence electrons. The molecule has 4 N–H and O–H groups in total. The van der Waals surface area contributed by atoms with Crippen LogP contribution in [0.15, 0.2) is 79.0 Å². The molecule has 2 amide bonds. The summed E-state index contributed by atoms with van der Waals surface area (Å²) in [6, 6.07) is 22.2. The summed E-state index contributed by atoms with van der Waals surface area (Å²) in [7, 11) is -2.91. The van der Waals surface area contributed by atoms with Crippen molar-refractivity contribution < 1.29 is 29.3 Å². The van der Waals surface area contributed by atoms with E-state index in [1.54, 1.807) is 39.9 Å². The van der Waals surface area contributed by atoms with Gasteiger partial charge < -0.3 is 30.0 Å². The van der Waals surface area contributed by atoms with Crippen LogP contribution in [-0.2, 0) is 33.0 Å². The maximum Gasteiger partial charge on any atom is 0.264 e. The van der Waals surface area contributed by atoms with Gasteiger partial charge in [-0.1, -0.05) is 66.2 Å². The lowest BCUT2D eigenvalue weighted by atomic mass is 9.82. The molecule has 1 spiro atoms. The lowest BCUT2D eigenvalue weighted by Gasteiger charge is -2.32. The average Bonchev–Trinajstić information content (AvgIpc) is 3.71. The van der Waals surface area contributed by atoms with Gasteiger partial charge in [0.2, 0.25) is 0 Å². The Labute approximate surface area is 291 Å². The molecule has 3 aromatic carbocycles. The fourth-order valence-corrected chi connectivity index (χ4v) is 10.3. The monoisotopic (exact) mass is 703 g/mol. The molecule has 1 saturated heterocycles. The van der Waals surface area contributed by atoms with Gasteiger partial charge in [-0.15, -0.1) is 5.10 Å². The Morgan fingerprint density at radius 2 is 1.88 bits per heavy atom. The molecule has 1 unspecified atom stereocenters. The van der Waals surface area contributed by atoms with Gasteiger partial charge >= 0.3 is 0 Å². The molecule has 6 atom stereocenters. The fourth-order valence-electron chi connectivity index (χ4n) is 7.55. The molecule has 49 heavy (non-hydrogen) atoms. The van der Waals surface area contributed by atoms with Gasteiger partial charge in [0.25, 0.3) is 11.8 Å². The highest BCUT2D eigenvalue weighted by molar-refractivity contribution is 6.71. The molecule has 11 nitrogen and oxygen atoms in total. The van der Waals surface area contributed by atoms with Crippen LogP contribution in [0.25, 0.3) is 0 Å². The lowest BCUT2D eigenvalue weighted by molar-refractivity contribution is -0.146. The number of hydrogen-bond donors (Lipinski definition) is 4. The normalized spacial score (nSPS) is 23.1. The van der Waals surface area contributed by atoms with Crippen molar-refractivity contribution in [3.63, 3.8) is 0 Å². The second-order valence-electron chi connectivity index (χ2n) is 13.6. The van der Waals surface area contributed by atoms with Crippen molar-refractivity contribution in [2.45, 2.75) is 75.7 Å². The SMILES string of the molecule is C[C@H](O)C(=O)Nc1cccc(CN2C(=O)[C@]3(O[C@H](CCn4cc(C(CO)c5ccccc5)nn4)[C@@H]([Si](C)(C)O)[C@@H]3C)c3cc(Cl)ccc32)c1. The Morgan fingerprint density at radius 1 is 1.12 bits per heavy atom. The molecule has 13 heteroatoms. The summed E-state index contributed by atoms with van der Waals surface area (Å²) in [6.45, 7) is 7.66. The van der Waals surface area contributed by atoms with E-state index < -0.39 is 32.0 Å². The summed E-state index contributed by atoms with van der Waals surface area (Å²) in [5.41, 5.74) is 2.54. The van der Waals surface area contributed by atoms with Gasteiger partial charge in [-0.2, -0.15) is 0 Å². The first-order valence-corrected chi connectivity index (χ1v) is 19.9. The number of aliphatic hydroxyl groups is 2. The van der Waals surface area contributed by atoms with Gasteiger partial charge in [-0.25, -0.2) is 0 Å². The summed E-state index contributed by atoms with van der Waals surface area (Å²) in [5.74, 6) is -1.45. The first-order chi connectivity index (χ1) is 23.3. The smallest absolute Gasteiger partial charge is 0.264 e. The third-order valence-electron chi connectivity index (χ3n) is 9.80. The summed E-state index contributed by atoms with van der Waals surface area (Å²) in [4.78, 5) is 40.2. The van der Waals surface area contributed by atoms with E-state index in [1.165, 1.54) is 6.92 Å². The van der Waals surface area contributed by atoms with Crippen molar-refractivity contribution in [1.29, 1.82) is 0 Å². The van der Waals surface area contributed by atoms with Crippen LogP contribution in [0.5, 0.6) is 0 Å². The zero-order chi connectivity index (χ0) is 35.1. The number of rotatable bonds is 11. The number of anilines is 2. The van der Waals surface area contributed by atoms with Crippen LogP contribution in [0.4, 0.5) is 11.4 Å². The Kier molecular flexibility index (Phi) is 9.82. The zero-order valence-corrected chi connectivity index (χ0v) is 29.7. The summed E-state index contributed by atoms with van der Waals surface area (Å²) >= 11 is 6.55. The number of hydrogen-bond acceptors (Lipinski definition) is 8. The maximum absolute atomic E-state index is 14.7. The molecular formula is C36H42ClN5O6Si. The number of amides is 2. The third-order valence-corrected chi connectivity index (χ3v) is 12.5. The van der Waals surface area contributed by atoms with Crippen molar-refractivity contribution in [2.24, 2.45) is 5.92 Å². The lowest BCUT2D eigenvalue weighted by Crippen LogP contribution is -2.46. The van der Waals surface area contributed by atoms with E-state index in [0.29, 0.717) is 40.6 Å². The quantitative estimate of drug-likeness (QED) is 0.163. The van der Waals surface area contributed by atoms with Crippen LogP contribution in [0.2, 0.25) is 23.7 Å². The first kappa shape index (κ1) is 34.9. The van der Waals surface area contributed by atoms with Crippen LogP contribution < -0.4 is 10.2 Å². The molecule has 2 aliphatic rings. The van der Waals surface area contributed by atoms with Gasteiger partial charge in [0.05, 0.1) is 36.6 Å². The van der Waals surface area contributed by atoms with E-state index in [4.69, 9.17) is 16.3 Å². The van der Waals surface area contributed by atoms with E-state index in [0.717, 1.165) is 11.1 Å². The van der Waals surface area contributed by atoms with E-state index in [-0.39, 0.29) is 36.4 Å². The minimum absolute atomic E-state index is 0.109. The van der Waals surface area contributed by atoms with Crippen LogP contribution >= 0.6 is 11.6 Å². The topological polar surface area (TPSA) is 150 Å². The number of aryl methyl sites for hydroxylation is 1. The van der Waals surface area contributed by atoms with Crippen LogP contribution in [0.3, 0.4) is 0 Å². The van der Waals surface area contributed by atoms with Gasteiger partial charge in [0, 0.05) is 40.5 Å². The van der Waals surface area contributed by atoms with Gasteiger partial charge in [0.1, 0.15) is 6.10 Å². The van der Waals surface area contributed by atoms with E-state index in [9.17, 15) is 24.6 Å². The van der Waals surface area contributed by atoms with Crippen molar-refractivity contribution in [3.05, 3.63) is 106 Å². The number of nitrogens with one attached hydrogen (secondary N) is 1. The number of ether oxygens (including phenoxy) is 1. The molecule has 6 rings (SSSR count). The van der Waals surface area contributed by atoms with E-state index in [1.807, 2.05) is 68.7 Å². The van der Waals surface area contributed by atoms with Crippen LogP contribution in [0, 0.1) is 5.92 Å². The summed E-state index contributed by atoms with van der Waals surface area (Å²) in [6.07, 6.45) is 0.667. The Morgan fingerprint density at radius 3 is 2.57 bits per heavy atom. The second kappa shape index (κ2) is 13.8. The molecule has 1 fully saturated rings. The minimum Gasteiger partial charge on any atom is -0.432 e. The van der Waals surface area contributed by atoms with Crippen molar-refractivity contribution in [2.75, 3.05) is 16.8 Å². The predicted octanol–water partition coefficient (Wildman–Crippen LogP) is 4.81. The summed E-state index contributed by atoms with van der Waals surface area (Å²) < 4.78 is 8.65. The average molecular weight is 704 g/mol. The van der Waals surface area contributed by atoms with Crippen molar-refractivity contribution in [3.8, 4) is 0 Å². The third kappa shape index (κ3) is 6.68. The van der Waals surface area contributed by atoms with Gasteiger partial charge in [-0.05, 0) is 67.9 Å². The van der Waals surface area contributed by atoms with E-state index >= 15 is 0 Å². The number of nitrogens with zero attached hydrogens (tertiary/aromatic N) is 4. The Balaban J connectivity index is 1.28. The molecule has 0 bridgehead atoms. The molecule has 3 heterocycles. The number of aromatic nitrogens is 3. The Hall–Kier alpha value is -3.91. The predicted molar refractivity (Wildman–Crippen MR) is 189 cm³/mol. The second-order valence-corrected chi connectivity index (χ2v) is 18.0. The highest BCUT2D eigenvalue weighted by Crippen LogP contribution is 2.60. The van der Waals surface area contributed by atoms with Crippen LogP contribution in [-0.4, -0.2) is 68.9 Å². The number of aliphatic hydroxyl groups excluding tert-OH is 2. The highest BCUT2D eigenvalue weighted by atomic mass is 35.5. The number of fused-ring (bicyclic) bond motifs is 2. The zero-order valence-electron chi connectivity index (χ0n) is 28.0. The van der Waals surface area contributed by atoms with Crippen molar-refractivity contribution >= 4 is 43.1 Å². The molecule has 0 saturated carbocycles. The van der Waals surface area contributed by atoms with E-state index in [2.05, 4.69) is 15.6 Å². The maximum atomic E-state index is 14.7. The number of carbonyl (C=O) groups excluding carboxylic acids is 2. The minimum atomic E-state index is -2.91. The van der Waals surface area contributed by atoms with Gasteiger partial charge in [-0.3, -0.25) is 14.3 Å². The number of carbonyl (C=O) groups is 2. The molecule has 0 aliphatic carbocycles. The Bertz CT molecular complexity index is 1830. The molecular weight excluding hydrogens is 662 g/mol. The molecule has 4 aromatic rings. The standard InChI is InChI=1S/C36H42ClN5O6Si/c1-22-33(49(3,4)47)32(15-16-41-20-30(39-40-41)28(21-43)25-10-6-5-7-11-25)48-36(22)29-18-26(37)13-14-31(29)42(35(36)46)19-24-9-8-12-27(17-24)38-34(45)23(2)44/h5-14,17-18,20,22-23,28,32-33,43-44,47H,15-16,19,21H2,1-4H3,(H,38,45)/t22-,23-,28?,32+,33-,36+/m0/s1. The van der Waals surface area contributed by atoms with Crippen LogP contribution in [0.1, 0.15) is 48.6 Å². The largest absolute Gasteiger partial charge is 0.432 e. The number of halogens is 1. The summed E-state index contributed by atoms with van der Waals surface area (Å²) in [5, 5.41) is 31.6. The highest BCUT2D eigenvalue weighted by Gasteiger charge is 2.66. The molecule has 2 aliphatic heterocycles. The van der Waals surface area contributed by atoms with Gasteiger partial charge in [0.15, 0.2) is 13.9 Å². The fraction of sp³-hybridized carbons (Fsp3) is 0.389. The first-order valence-electron chi connectivity index (χ1n) is 16.5. The molecule has 0 radical (unpaired) electrons. The number of benzene rings is 3. The molecule has 1 aromatic heterocycles.